The van der Waals surface area contributed by atoms with E-state index in [0.29, 0.717) is 5.56 Å². The average Bonchev–Trinajstić information content (AvgIpc) is 2.71. The van der Waals surface area contributed by atoms with Crippen LogP contribution in [0.25, 0.3) is 11.3 Å². The molecule has 0 bridgehead atoms. The van der Waals surface area contributed by atoms with E-state index in [2.05, 4.69) is 68.1 Å². The Bertz CT molecular complexity index is 818. The molecule has 5 heteroatoms. The number of hydrogen-bond acceptors (Lipinski definition) is 3. The molecule has 31 heavy (non-hydrogen) atoms. The van der Waals surface area contributed by atoms with Crippen LogP contribution in [0.15, 0.2) is 42.6 Å². The number of rotatable bonds is 13. The molecule has 3 nitrogen and oxygen atoms in total. The number of aryl methyl sites for hydroxylation is 1. The van der Waals surface area contributed by atoms with Gasteiger partial charge in [0, 0.05) is 11.8 Å². The predicted molar refractivity (Wildman–Crippen MR) is 137 cm³/mol. The van der Waals surface area contributed by atoms with E-state index in [1.807, 2.05) is 12.1 Å². The largest absolute Gasteiger partial charge is 0.456 e. The number of unbranched alkanes of at least 4 members (excludes halogenated alkanes) is 6. The Morgan fingerprint density at radius 3 is 1.97 bits per heavy atom. The van der Waals surface area contributed by atoms with Gasteiger partial charge in [0.2, 0.25) is 0 Å². The summed E-state index contributed by atoms with van der Waals surface area (Å²) in [7, 11) is -2.83. The minimum absolute atomic E-state index is 0.599. The van der Waals surface area contributed by atoms with Gasteiger partial charge in [-0.25, -0.2) is 0 Å². The fraction of sp³-hybridized carbons (Fsp3) is 0.538. The van der Waals surface area contributed by atoms with Gasteiger partial charge in [0.15, 0.2) is 16.6 Å². The third kappa shape index (κ3) is 10.4. The fourth-order valence-corrected chi connectivity index (χ4v) is 12.3. The second kappa shape index (κ2) is 12.3. The van der Waals surface area contributed by atoms with Gasteiger partial charge in [0.25, 0.3) is 0 Å². The zero-order valence-corrected chi connectivity index (χ0v) is 22.2. The molecule has 0 saturated carbocycles. The molecule has 0 atom stereocenters. The summed E-state index contributed by atoms with van der Waals surface area (Å²) >= 11 is 0. The molecule has 1 heterocycles. The summed E-state index contributed by atoms with van der Waals surface area (Å²) in [5, 5.41) is 8.88. The zero-order valence-electron chi connectivity index (χ0n) is 20.2. The first-order valence-corrected chi connectivity index (χ1v) is 18.4. The van der Waals surface area contributed by atoms with Crippen LogP contribution in [0.3, 0.4) is 0 Å². The van der Waals surface area contributed by atoms with Gasteiger partial charge in [-0.3, -0.25) is 4.98 Å². The molecule has 168 valence electrons. The van der Waals surface area contributed by atoms with Crippen LogP contribution in [0.1, 0.15) is 56.1 Å². The maximum absolute atomic E-state index is 8.88. The lowest BCUT2D eigenvalue weighted by molar-refractivity contribution is 0.534. The zero-order chi connectivity index (χ0) is 22.7. The van der Waals surface area contributed by atoms with Crippen molar-refractivity contribution in [3.63, 3.8) is 0 Å². The molecule has 2 aromatic rings. The monoisotopic (exact) mass is 452 g/mol. The normalized spacial score (nSPS) is 12.0. The minimum Gasteiger partial charge on any atom is -0.456 e. The van der Waals surface area contributed by atoms with Gasteiger partial charge in [0.1, 0.15) is 6.07 Å². The molecule has 0 aliphatic heterocycles. The first kappa shape index (κ1) is 25.5. The molecule has 0 aliphatic rings. The molecule has 0 aliphatic carbocycles. The van der Waals surface area contributed by atoms with Crippen LogP contribution < -0.4 is 0 Å². The number of nitriles is 1. The Labute approximate surface area is 192 Å². The van der Waals surface area contributed by atoms with Crippen molar-refractivity contribution < 1.29 is 4.12 Å². The molecule has 0 spiro atoms. The first-order valence-electron chi connectivity index (χ1n) is 11.8. The summed E-state index contributed by atoms with van der Waals surface area (Å²) in [5.74, 6) is 0. The van der Waals surface area contributed by atoms with Crippen molar-refractivity contribution in [1.82, 2.24) is 4.98 Å². The molecule has 0 radical (unpaired) electrons. The number of pyridine rings is 1. The highest BCUT2D eigenvalue weighted by Gasteiger charge is 2.28. The Morgan fingerprint density at radius 1 is 0.806 bits per heavy atom. The van der Waals surface area contributed by atoms with E-state index in [4.69, 9.17) is 9.38 Å². The number of benzene rings is 1. The first-order chi connectivity index (χ1) is 14.7. The highest BCUT2D eigenvalue weighted by Crippen LogP contribution is 2.22. The average molecular weight is 453 g/mol. The van der Waals surface area contributed by atoms with Crippen LogP contribution in [-0.2, 0) is 10.5 Å². The number of nitrogens with zero attached hydrogens (tertiary/aromatic N) is 2. The molecule has 2 rings (SSSR count). The van der Waals surface area contributed by atoms with Crippen LogP contribution >= 0.6 is 0 Å². The maximum Gasteiger partial charge on any atom is 0.173 e. The van der Waals surface area contributed by atoms with Crippen molar-refractivity contribution in [3.05, 3.63) is 53.7 Å². The highest BCUT2D eigenvalue weighted by molar-refractivity contribution is 6.84. The molecule has 1 aromatic heterocycles. The Morgan fingerprint density at radius 2 is 1.42 bits per heavy atom. The predicted octanol–water partition coefficient (Wildman–Crippen LogP) is 7.95. The van der Waals surface area contributed by atoms with Crippen molar-refractivity contribution >= 4 is 16.6 Å². The molecule has 0 unspecified atom stereocenters. The van der Waals surface area contributed by atoms with Gasteiger partial charge in [-0.05, 0) is 69.3 Å². The lowest BCUT2D eigenvalue weighted by atomic mass is 10.0. The van der Waals surface area contributed by atoms with Crippen LogP contribution in [-0.4, -0.2) is 21.6 Å². The third-order valence-corrected chi connectivity index (χ3v) is 11.7. The summed E-state index contributed by atoms with van der Waals surface area (Å²) in [4.78, 5) is 4.37. The maximum atomic E-state index is 8.88. The molecular formula is C26H40N2OSi2. The Kier molecular flexibility index (Phi) is 10.1. The fourth-order valence-electron chi connectivity index (χ4n) is 4.12. The van der Waals surface area contributed by atoms with Crippen molar-refractivity contribution in [2.45, 2.75) is 90.1 Å². The number of hydrogen-bond donors (Lipinski definition) is 0. The van der Waals surface area contributed by atoms with Gasteiger partial charge in [-0.1, -0.05) is 62.8 Å². The van der Waals surface area contributed by atoms with E-state index in [0.717, 1.165) is 17.7 Å². The second-order valence-electron chi connectivity index (χ2n) is 10.2. The molecule has 1 aromatic carbocycles. The van der Waals surface area contributed by atoms with Crippen molar-refractivity contribution in [2.24, 2.45) is 0 Å². The van der Waals surface area contributed by atoms with Crippen molar-refractivity contribution in [2.75, 3.05) is 0 Å². The summed E-state index contributed by atoms with van der Waals surface area (Å²) in [6.07, 6.45) is 12.1. The van der Waals surface area contributed by atoms with E-state index in [1.165, 1.54) is 56.6 Å². The molecule has 0 fully saturated rings. The smallest absolute Gasteiger partial charge is 0.173 e. The van der Waals surface area contributed by atoms with Crippen LogP contribution in [0.5, 0.6) is 0 Å². The Balaban J connectivity index is 1.56. The van der Waals surface area contributed by atoms with Crippen LogP contribution in [0, 0.1) is 11.3 Å². The summed E-state index contributed by atoms with van der Waals surface area (Å²) in [5.41, 5.74) is 4.02. The number of aromatic nitrogens is 1. The van der Waals surface area contributed by atoms with Gasteiger partial charge >= 0.3 is 0 Å². The summed E-state index contributed by atoms with van der Waals surface area (Å²) < 4.78 is 6.43. The lowest BCUT2D eigenvalue weighted by Gasteiger charge is -2.31. The van der Waals surface area contributed by atoms with Gasteiger partial charge in [-0.15, -0.1) is 0 Å². The SMILES string of the molecule is C[Si](C)(C)O[Si](C)(C)CCCCCCCCCc1ccc(-c2ccc(C#N)cn2)cc1. The van der Waals surface area contributed by atoms with Gasteiger partial charge in [-0.2, -0.15) is 5.26 Å². The van der Waals surface area contributed by atoms with E-state index in [-0.39, 0.29) is 0 Å². The Hall–Kier alpha value is -1.75. The molecular weight excluding hydrogens is 412 g/mol. The lowest BCUT2D eigenvalue weighted by Crippen LogP contribution is -2.42. The summed E-state index contributed by atoms with van der Waals surface area (Å²) in [6.45, 7) is 11.7. The van der Waals surface area contributed by atoms with Crippen LogP contribution in [0.4, 0.5) is 0 Å². The van der Waals surface area contributed by atoms with Crippen LogP contribution in [0.2, 0.25) is 38.8 Å². The topological polar surface area (TPSA) is 45.9 Å². The van der Waals surface area contributed by atoms with E-state index < -0.39 is 16.6 Å². The van der Waals surface area contributed by atoms with Gasteiger partial charge < -0.3 is 4.12 Å². The molecule has 0 amide bonds. The van der Waals surface area contributed by atoms with Gasteiger partial charge in [0.05, 0.1) is 11.3 Å². The van der Waals surface area contributed by atoms with E-state index >= 15 is 0 Å². The van der Waals surface area contributed by atoms with E-state index in [9.17, 15) is 0 Å². The highest BCUT2D eigenvalue weighted by atomic mass is 28.4. The molecule has 0 N–H and O–H groups in total. The minimum atomic E-state index is -1.44. The molecule has 0 saturated heterocycles. The third-order valence-electron chi connectivity index (χ3n) is 5.47. The quantitative estimate of drug-likeness (QED) is 0.229. The van der Waals surface area contributed by atoms with Crippen molar-refractivity contribution in [3.8, 4) is 17.3 Å². The van der Waals surface area contributed by atoms with E-state index in [1.54, 1.807) is 6.20 Å². The summed E-state index contributed by atoms with van der Waals surface area (Å²) in [6, 6.07) is 15.9. The second-order valence-corrected chi connectivity index (χ2v) is 19.3. The van der Waals surface area contributed by atoms with Crippen molar-refractivity contribution in [1.29, 1.82) is 5.26 Å². The standard InChI is InChI=1S/C26H40N2OSi2/c1-30(2,3)29-31(4,5)20-12-10-8-6-7-9-11-13-23-14-17-25(18-15-23)26-19-16-24(21-27)22-28-26/h14-19,22H,6-13,20H2,1-5H3.